The number of carbonyl (C=O) groups excluding carboxylic acids is 1. The number of aromatic nitrogens is 1. The molecule has 2 N–H and O–H groups in total. The van der Waals surface area contributed by atoms with E-state index in [4.69, 9.17) is 0 Å². The van der Waals surface area contributed by atoms with Gasteiger partial charge in [-0.3, -0.25) is 4.79 Å². The van der Waals surface area contributed by atoms with Gasteiger partial charge in [-0.15, -0.1) is 0 Å². The molecule has 4 nitrogen and oxygen atoms in total. The summed E-state index contributed by atoms with van der Waals surface area (Å²) in [6, 6.07) is 10.7. The first-order valence-corrected chi connectivity index (χ1v) is 7.84. The molecule has 1 aromatic heterocycles. The number of carbonyl (C=O) groups is 1. The van der Waals surface area contributed by atoms with E-state index in [1.165, 1.54) is 24.4 Å². The molecule has 0 radical (unpaired) electrons. The van der Waals surface area contributed by atoms with Gasteiger partial charge in [0.1, 0.15) is 11.5 Å². The molecule has 0 aliphatic rings. The third-order valence-electron chi connectivity index (χ3n) is 3.71. The molecule has 0 spiro atoms. The van der Waals surface area contributed by atoms with E-state index in [1.807, 2.05) is 0 Å². The number of pyridine rings is 1. The number of anilines is 2. The van der Waals surface area contributed by atoms with Gasteiger partial charge in [-0.25, -0.2) is 22.5 Å². The SMILES string of the molecule is O=C(NCc1ccccc1F)c1ccc(Nc2ccc(F)c(F)c2F)cn1. The largest absolute Gasteiger partial charge is 0.352 e. The zero-order chi connectivity index (χ0) is 19.4. The average Bonchev–Trinajstić information content (AvgIpc) is 2.68. The van der Waals surface area contributed by atoms with Crippen LogP contribution in [-0.4, -0.2) is 10.9 Å². The van der Waals surface area contributed by atoms with Crippen molar-refractivity contribution in [3.63, 3.8) is 0 Å². The van der Waals surface area contributed by atoms with Gasteiger partial charge in [0.05, 0.1) is 17.6 Å². The van der Waals surface area contributed by atoms with Crippen molar-refractivity contribution in [2.45, 2.75) is 6.54 Å². The van der Waals surface area contributed by atoms with E-state index in [1.54, 1.807) is 18.2 Å². The minimum absolute atomic E-state index is 0.00669. The fourth-order valence-corrected chi connectivity index (χ4v) is 2.29. The molecular formula is C19H13F4N3O. The third kappa shape index (κ3) is 4.22. The molecule has 27 heavy (non-hydrogen) atoms. The van der Waals surface area contributed by atoms with Gasteiger partial charge in [-0.05, 0) is 30.3 Å². The van der Waals surface area contributed by atoms with Crippen LogP contribution >= 0.6 is 0 Å². The second-order valence-electron chi connectivity index (χ2n) is 5.55. The highest BCUT2D eigenvalue weighted by Gasteiger charge is 2.14. The number of hydrogen-bond acceptors (Lipinski definition) is 3. The van der Waals surface area contributed by atoms with E-state index in [2.05, 4.69) is 15.6 Å². The summed E-state index contributed by atoms with van der Waals surface area (Å²) in [5.74, 6) is -5.19. The van der Waals surface area contributed by atoms with E-state index in [0.29, 0.717) is 5.56 Å². The summed E-state index contributed by atoms with van der Waals surface area (Å²) in [7, 11) is 0. The van der Waals surface area contributed by atoms with Crippen molar-refractivity contribution in [1.82, 2.24) is 10.3 Å². The Balaban J connectivity index is 1.65. The number of nitrogens with zero attached hydrogens (tertiary/aromatic N) is 1. The molecule has 3 rings (SSSR count). The van der Waals surface area contributed by atoms with Gasteiger partial charge in [0.2, 0.25) is 0 Å². The van der Waals surface area contributed by atoms with Gasteiger partial charge in [-0.2, -0.15) is 0 Å². The van der Waals surface area contributed by atoms with Crippen molar-refractivity contribution >= 4 is 17.3 Å². The zero-order valence-corrected chi connectivity index (χ0v) is 13.8. The van der Waals surface area contributed by atoms with Crippen molar-refractivity contribution < 1.29 is 22.4 Å². The Morgan fingerprint density at radius 1 is 0.889 bits per heavy atom. The van der Waals surface area contributed by atoms with Crippen LogP contribution in [0, 0.1) is 23.3 Å². The van der Waals surface area contributed by atoms with Crippen LogP contribution in [0.25, 0.3) is 0 Å². The molecule has 2 aromatic carbocycles. The zero-order valence-electron chi connectivity index (χ0n) is 13.8. The van der Waals surface area contributed by atoms with Crippen molar-refractivity contribution in [2.75, 3.05) is 5.32 Å². The first-order valence-electron chi connectivity index (χ1n) is 7.84. The van der Waals surface area contributed by atoms with E-state index < -0.39 is 29.2 Å². The standard InChI is InChI=1S/C19H13F4N3O/c20-13-4-2-1-3-11(13)9-25-19(27)16-7-5-12(10-24-16)26-15-8-6-14(21)17(22)18(15)23/h1-8,10,26H,9H2,(H,25,27). The lowest BCUT2D eigenvalue weighted by Crippen LogP contribution is -2.24. The first-order chi connectivity index (χ1) is 13.0. The van der Waals surface area contributed by atoms with Crippen LogP contribution in [0.1, 0.15) is 16.1 Å². The number of benzene rings is 2. The molecular weight excluding hydrogens is 362 g/mol. The molecule has 1 heterocycles. The second-order valence-corrected chi connectivity index (χ2v) is 5.55. The maximum atomic E-state index is 13.7. The van der Waals surface area contributed by atoms with Gasteiger partial charge in [0, 0.05) is 12.1 Å². The van der Waals surface area contributed by atoms with Gasteiger partial charge in [0.25, 0.3) is 5.91 Å². The average molecular weight is 375 g/mol. The van der Waals surface area contributed by atoms with Gasteiger partial charge < -0.3 is 10.6 Å². The molecule has 138 valence electrons. The fraction of sp³-hybridized carbons (Fsp3) is 0.0526. The monoisotopic (exact) mass is 375 g/mol. The molecule has 0 aliphatic carbocycles. The number of halogens is 4. The Morgan fingerprint density at radius 2 is 1.67 bits per heavy atom. The minimum atomic E-state index is -1.59. The maximum Gasteiger partial charge on any atom is 0.270 e. The maximum absolute atomic E-state index is 13.7. The Hall–Kier alpha value is -3.42. The van der Waals surface area contributed by atoms with Crippen molar-refractivity contribution in [3.05, 3.63) is 89.3 Å². The first kappa shape index (κ1) is 18.4. The Bertz CT molecular complexity index is 977. The van der Waals surface area contributed by atoms with Crippen LogP contribution in [-0.2, 0) is 6.54 Å². The van der Waals surface area contributed by atoms with Gasteiger partial charge in [0.15, 0.2) is 17.5 Å². The second kappa shape index (κ2) is 7.86. The summed E-state index contributed by atoms with van der Waals surface area (Å²) < 4.78 is 53.4. The summed E-state index contributed by atoms with van der Waals surface area (Å²) in [6.45, 7) is -0.00669. The summed E-state index contributed by atoms with van der Waals surface area (Å²) in [5, 5.41) is 5.08. The molecule has 8 heteroatoms. The number of amides is 1. The normalized spacial score (nSPS) is 10.5. The van der Waals surface area contributed by atoms with Crippen LogP contribution in [0.15, 0.2) is 54.7 Å². The highest BCUT2D eigenvalue weighted by Crippen LogP contribution is 2.23. The third-order valence-corrected chi connectivity index (χ3v) is 3.71. The molecule has 0 saturated heterocycles. The predicted molar refractivity (Wildman–Crippen MR) is 91.4 cm³/mol. The van der Waals surface area contributed by atoms with Crippen LogP contribution in [0.4, 0.5) is 28.9 Å². The lowest BCUT2D eigenvalue weighted by atomic mass is 10.2. The summed E-state index contributed by atoms with van der Waals surface area (Å²) in [4.78, 5) is 16.0. The Labute approximate surface area is 151 Å². The van der Waals surface area contributed by atoms with E-state index in [0.717, 1.165) is 12.1 Å². The van der Waals surface area contributed by atoms with Crippen LogP contribution in [0.3, 0.4) is 0 Å². The molecule has 0 aliphatic heterocycles. The quantitative estimate of drug-likeness (QED) is 0.516. The van der Waals surface area contributed by atoms with Gasteiger partial charge >= 0.3 is 0 Å². The number of nitrogens with one attached hydrogen (secondary N) is 2. The van der Waals surface area contributed by atoms with E-state index >= 15 is 0 Å². The van der Waals surface area contributed by atoms with Crippen molar-refractivity contribution in [1.29, 1.82) is 0 Å². The number of rotatable bonds is 5. The predicted octanol–water partition coefficient (Wildman–Crippen LogP) is 4.31. The molecule has 0 fully saturated rings. The van der Waals surface area contributed by atoms with E-state index in [9.17, 15) is 22.4 Å². The van der Waals surface area contributed by atoms with Gasteiger partial charge in [-0.1, -0.05) is 18.2 Å². The summed E-state index contributed by atoms with van der Waals surface area (Å²) in [6.07, 6.45) is 1.23. The molecule has 1 amide bonds. The highest BCUT2D eigenvalue weighted by molar-refractivity contribution is 5.92. The van der Waals surface area contributed by atoms with Crippen LogP contribution in [0.5, 0.6) is 0 Å². The van der Waals surface area contributed by atoms with Crippen molar-refractivity contribution in [3.8, 4) is 0 Å². The topological polar surface area (TPSA) is 54.0 Å². The van der Waals surface area contributed by atoms with Crippen LogP contribution < -0.4 is 10.6 Å². The molecule has 0 saturated carbocycles. The molecule has 0 unspecified atom stereocenters. The summed E-state index contributed by atoms with van der Waals surface area (Å²) in [5.41, 5.74) is 0.388. The van der Waals surface area contributed by atoms with Crippen molar-refractivity contribution in [2.24, 2.45) is 0 Å². The smallest absolute Gasteiger partial charge is 0.270 e. The highest BCUT2D eigenvalue weighted by atomic mass is 19.2. The van der Waals surface area contributed by atoms with Crippen LogP contribution in [0.2, 0.25) is 0 Å². The molecule has 0 atom stereocenters. The lowest BCUT2D eigenvalue weighted by molar-refractivity contribution is 0.0945. The Kier molecular flexibility index (Phi) is 5.35. The Morgan fingerprint density at radius 3 is 2.37 bits per heavy atom. The fourth-order valence-electron chi connectivity index (χ4n) is 2.29. The van der Waals surface area contributed by atoms with E-state index in [-0.39, 0.29) is 23.6 Å². The molecule has 0 bridgehead atoms. The number of hydrogen-bond donors (Lipinski definition) is 2. The minimum Gasteiger partial charge on any atom is -0.352 e. The molecule has 3 aromatic rings. The lowest BCUT2D eigenvalue weighted by Gasteiger charge is -2.09. The summed E-state index contributed by atoms with van der Waals surface area (Å²) >= 11 is 0.